The molecule has 5 nitrogen and oxygen atoms in total. The van der Waals surface area contributed by atoms with Crippen LogP contribution in [0.4, 0.5) is 20.2 Å². The topological polar surface area (TPSA) is 59.6 Å². The first kappa shape index (κ1) is 18.9. The highest BCUT2D eigenvalue weighted by atomic mass is 19.1. The summed E-state index contributed by atoms with van der Waals surface area (Å²) in [5.74, 6) is -0.890. The van der Waals surface area contributed by atoms with Crippen molar-refractivity contribution in [2.75, 3.05) is 17.2 Å². The van der Waals surface area contributed by atoms with Crippen molar-refractivity contribution in [3.05, 3.63) is 47.5 Å². The van der Waals surface area contributed by atoms with Gasteiger partial charge >= 0.3 is 0 Å². The summed E-state index contributed by atoms with van der Waals surface area (Å²) in [6.45, 7) is 5.91. The van der Waals surface area contributed by atoms with Gasteiger partial charge in [-0.05, 0) is 39.0 Å². The fourth-order valence-corrected chi connectivity index (χ4v) is 2.97. The second-order valence-electron chi connectivity index (χ2n) is 6.47. The number of fused-ring (bicyclic) bond motifs is 1. The molecule has 2 unspecified atom stereocenters. The van der Waals surface area contributed by atoms with Crippen LogP contribution in [-0.4, -0.2) is 24.7 Å². The van der Waals surface area contributed by atoms with Crippen molar-refractivity contribution in [1.29, 1.82) is 0 Å². The number of carbonyl (C=O) groups excluding carboxylic acids is 1. The molecule has 3 rings (SSSR count). The zero-order valence-electron chi connectivity index (χ0n) is 15.4. The molecule has 0 radical (unpaired) electrons. The first-order chi connectivity index (χ1) is 12.9. The number of anilines is 2. The fraction of sp³-hybridized carbons (Fsp3) is 0.350. The SMILES string of the molecule is CCOc1cc2c(cc1NC(C)C(=O)Nc1c(F)cccc1F)OC(C)C2. The van der Waals surface area contributed by atoms with Gasteiger partial charge in [0, 0.05) is 18.1 Å². The Balaban J connectivity index is 1.78. The summed E-state index contributed by atoms with van der Waals surface area (Å²) in [6.07, 6.45) is 0.868. The number of carbonyl (C=O) groups is 1. The van der Waals surface area contributed by atoms with E-state index in [-0.39, 0.29) is 6.10 Å². The van der Waals surface area contributed by atoms with Gasteiger partial charge < -0.3 is 20.1 Å². The number of halogens is 2. The third-order valence-electron chi connectivity index (χ3n) is 4.27. The summed E-state index contributed by atoms with van der Waals surface area (Å²) in [7, 11) is 0. The molecule has 0 saturated heterocycles. The Morgan fingerprint density at radius 1 is 1.33 bits per heavy atom. The van der Waals surface area contributed by atoms with Gasteiger partial charge in [-0.1, -0.05) is 6.07 Å². The number of amides is 1. The van der Waals surface area contributed by atoms with Crippen molar-refractivity contribution in [2.45, 2.75) is 39.3 Å². The number of para-hydroxylation sites is 1. The predicted octanol–water partition coefficient (Wildman–Crippen LogP) is 4.13. The van der Waals surface area contributed by atoms with Gasteiger partial charge in [-0.25, -0.2) is 8.78 Å². The molecule has 0 fully saturated rings. The summed E-state index contributed by atoms with van der Waals surface area (Å²) < 4.78 is 38.9. The van der Waals surface area contributed by atoms with Gasteiger partial charge in [0.25, 0.3) is 0 Å². The maximum atomic E-state index is 13.7. The molecule has 27 heavy (non-hydrogen) atoms. The minimum absolute atomic E-state index is 0.0782. The van der Waals surface area contributed by atoms with Crippen LogP contribution < -0.4 is 20.1 Å². The lowest BCUT2D eigenvalue weighted by molar-refractivity contribution is -0.116. The Kier molecular flexibility index (Phi) is 5.48. The molecule has 1 amide bonds. The van der Waals surface area contributed by atoms with E-state index in [2.05, 4.69) is 10.6 Å². The van der Waals surface area contributed by atoms with Gasteiger partial charge in [0.05, 0.1) is 12.3 Å². The maximum absolute atomic E-state index is 13.7. The summed E-state index contributed by atoms with van der Waals surface area (Å²) in [5, 5.41) is 5.32. The Hall–Kier alpha value is -2.83. The zero-order chi connectivity index (χ0) is 19.6. The third kappa shape index (κ3) is 4.13. The number of benzene rings is 2. The molecule has 0 aliphatic carbocycles. The van der Waals surface area contributed by atoms with Gasteiger partial charge in [-0.2, -0.15) is 0 Å². The molecule has 2 aromatic rings. The van der Waals surface area contributed by atoms with Crippen LogP contribution in [0.5, 0.6) is 11.5 Å². The second kappa shape index (κ2) is 7.82. The van der Waals surface area contributed by atoms with Crippen molar-refractivity contribution >= 4 is 17.3 Å². The molecule has 0 saturated carbocycles. The zero-order valence-corrected chi connectivity index (χ0v) is 15.4. The summed E-state index contributed by atoms with van der Waals surface area (Å²) in [5.41, 5.74) is 1.16. The molecule has 144 valence electrons. The first-order valence-corrected chi connectivity index (χ1v) is 8.86. The molecule has 2 atom stereocenters. The van der Waals surface area contributed by atoms with Crippen molar-refractivity contribution in [2.24, 2.45) is 0 Å². The molecule has 1 heterocycles. The Morgan fingerprint density at radius 2 is 2.04 bits per heavy atom. The van der Waals surface area contributed by atoms with Crippen LogP contribution in [0.15, 0.2) is 30.3 Å². The van der Waals surface area contributed by atoms with E-state index in [1.54, 1.807) is 13.0 Å². The standard InChI is InChI=1S/C20H22F2N2O3/c1-4-26-18-9-13-8-11(2)27-17(13)10-16(18)23-12(3)20(25)24-19-14(21)6-5-7-15(19)22/h5-7,9-12,23H,4,8H2,1-3H3,(H,24,25). The van der Waals surface area contributed by atoms with Gasteiger partial charge in [-0.15, -0.1) is 0 Å². The average molecular weight is 376 g/mol. The van der Waals surface area contributed by atoms with E-state index < -0.39 is 29.3 Å². The van der Waals surface area contributed by atoms with E-state index in [4.69, 9.17) is 9.47 Å². The first-order valence-electron chi connectivity index (χ1n) is 8.86. The van der Waals surface area contributed by atoms with Crippen LogP contribution in [0.3, 0.4) is 0 Å². The van der Waals surface area contributed by atoms with Crippen molar-refractivity contribution < 1.29 is 23.0 Å². The summed E-state index contributed by atoms with van der Waals surface area (Å²) in [6, 6.07) is 6.33. The van der Waals surface area contributed by atoms with Crippen LogP contribution >= 0.6 is 0 Å². The van der Waals surface area contributed by atoms with Crippen LogP contribution in [0.25, 0.3) is 0 Å². The van der Waals surface area contributed by atoms with Crippen molar-refractivity contribution in [3.8, 4) is 11.5 Å². The normalized spacial score (nSPS) is 16.3. The molecule has 0 spiro atoms. The number of hydrogen-bond donors (Lipinski definition) is 2. The van der Waals surface area contributed by atoms with E-state index in [1.807, 2.05) is 19.9 Å². The van der Waals surface area contributed by atoms with E-state index in [9.17, 15) is 13.6 Å². The van der Waals surface area contributed by atoms with Crippen molar-refractivity contribution in [1.82, 2.24) is 0 Å². The van der Waals surface area contributed by atoms with Crippen LogP contribution in [-0.2, 0) is 11.2 Å². The van der Waals surface area contributed by atoms with E-state index >= 15 is 0 Å². The fourth-order valence-electron chi connectivity index (χ4n) is 2.97. The minimum atomic E-state index is -0.828. The molecule has 2 aromatic carbocycles. The lowest BCUT2D eigenvalue weighted by Gasteiger charge is -2.19. The highest BCUT2D eigenvalue weighted by Gasteiger charge is 2.24. The molecular formula is C20H22F2N2O3. The van der Waals surface area contributed by atoms with Crippen LogP contribution in [0.1, 0.15) is 26.3 Å². The summed E-state index contributed by atoms with van der Waals surface area (Å²) in [4.78, 5) is 12.4. The van der Waals surface area contributed by atoms with Crippen LogP contribution in [0, 0.1) is 11.6 Å². The predicted molar refractivity (Wildman–Crippen MR) is 99.5 cm³/mol. The number of ether oxygens (including phenoxy) is 2. The minimum Gasteiger partial charge on any atom is -0.492 e. The monoisotopic (exact) mass is 376 g/mol. The lowest BCUT2D eigenvalue weighted by Crippen LogP contribution is -2.32. The largest absolute Gasteiger partial charge is 0.492 e. The summed E-state index contributed by atoms with van der Waals surface area (Å²) >= 11 is 0. The maximum Gasteiger partial charge on any atom is 0.246 e. The molecule has 1 aliphatic rings. The Morgan fingerprint density at radius 3 is 2.70 bits per heavy atom. The molecular weight excluding hydrogens is 354 g/mol. The molecule has 2 N–H and O–H groups in total. The van der Waals surface area contributed by atoms with E-state index in [0.29, 0.717) is 18.0 Å². The van der Waals surface area contributed by atoms with Crippen molar-refractivity contribution in [3.63, 3.8) is 0 Å². The highest BCUT2D eigenvalue weighted by Crippen LogP contribution is 2.38. The van der Waals surface area contributed by atoms with Gasteiger partial charge in [-0.3, -0.25) is 4.79 Å². The molecule has 0 aromatic heterocycles. The second-order valence-corrected chi connectivity index (χ2v) is 6.47. The van der Waals surface area contributed by atoms with E-state index in [0.717, 1.165) is 29.9 Å². The molecule has 0 bridgehead atoms. The Labute approximate surface area is 156 Å². The number of rotatable bonds is 6. The Bertz CT molecular complexity index is 837. The van der Waals surface area contributed by atoms with Gasteiger partial charge in [0.15, 0.2) is 0 Å². The van der Waals surface area contributed by atoms with E-state index in [1.165, 1.54) is 6.07 Å². The third-order valence-corrected chi connectivity index (χ3v) is 4.27. The average Bonchev–Trinajstić information content (AvgIpc) is 2.97. The van der Waals surface area contributed by atoms with Gasteiger partial charge in [0.1, 0.15) is 41.0 Å². The molecule has 1 aliphatic heterocycles. The van der Waals surface area contributed by atoms with Crippen LogP contribution in [0.2, 0.25) is 0 Å². The lowest BCUT2D eigenvalue weighted by atomic mass is 10.1. The highest BCUT2D eigenvalue weighted by molar-refractivity contribution is 5.96. The quantitative estimate of drug-likeness (QED) is 0.796. The number of hydrogen-bond acceptors (Lipinski definition) is 4. The molecule has 7 heteroatoms. The number of nitrogens with one attached hydrogen (secondary N) is 2. The smallest absolute Gasteiger partial charge is 0.246 e. The van der Waals surface area contributed by atoms with Gasteiger partial charge in [0.2, 0.25) is 5.91 Å².